The standard InChI is InChI=1S/C22H25N5O5S/c1-5-27-22(30)18-12-7-6-11-17(18)19(25-27)21(29)24-23-20(28)15-9-8-10-16(13-15)33(31,32)26(4)14(2)3/h6-14H,5H2,1-4H3,(H,23,28)(H,24,29). The number of carbonyl (C=O) groups excluding carboxylic acids is 2. The van der Waals surface area contributed by atoms with Gasteiger partial charge in [-0.1, -0.05) is 24.3 Å². The molecule has 10 nitrogen and oxygen atoms in total. The molecule has 1 aromatic heterocycles. The quantitative estimate of drug-likeness (QED) is 0.524. The zero-order chi connectivity index (χ0) is 24.3. The van der Waals surface area contributed by atoms with Crippen molar-refractivity contribution in [3.63, 3.8) is 0 Å². The number of fused-ring (bicyclic) bond motifs is 1. The van der Waals surface area contributed by atoms with Crippen LogP contribution in [0.1, 0.15) is 41.6 Å². The average molecular weight is 472 g/mol. The fourth-order valence-corrected chi connectivity index (χ4v) is 4.52. The molecule has 2 N–H and O–H groups in total. The summed E-state index contributed by atoms with van der Waals surface area (Å²) in [6.07, 6.45) is 0. The second-order valence-corrected chi connectivity index (χ2v) is 9.56. The monoisotopic (exact) mass is 471 g/mol. The van der Waals surface area contributed by atoms with Gasteiger partial charge in [0.15, 0.2) is 5.69 Å². The number of amides is 2. The molecule has 0 radical (unpaired) electrons. The first-order chi connectivity index (χ1) is 15.6. The van der Waals surface area contributed by atoms with Gasteiger partial charge >= 0.3 is 0 Å². The van der Waals surface area contributed by atoms with Crippen LogP contribution >= 0.6 is 0 Å². The highest BCUT2D eigenvalue weighted by atomic mass is 32.2. The van der Waals surface area contributed by atoms with Crippen LogP contribution < -0.4 is 16.4 Å². The van der Waals surface area contributed by atoms with Crippen molar-refractivity contribution >= 4 is 32.6 Å². The van der Waals surface area contributed by atoms with E-state index in [2.05, 4.69) is 16.0 Å². The van der Waals surface area contributed by atoms with Gasteiger partial charge in [0.05, 0.1) is 10.3 Å². The maximum Gasteiger partial charge on any atom is 0.290 e. The van der Waals surface area contributed by atoms with Gasteiger partial charge in [0.2, 0.25) is 10.0 Å². The summed E-state index contributed by atoms with van der Waals surface area (Å²) in [4.78, 5) is 37.7. The Kier molecular flexibility index (Phi) is 6.94. The van der Waals surface area contributed by atoms with Gasteiger partial charge in [0, 0.05) is 30.6 Å². The molecule has 0 aliphatic rings. The molecule has 1 heterocycles. The maximum atomic E-state index is 12.8. The molecule has 0 atom stereocenters. The lowest BCUT2D eigenvalue weighted by molar-refractivity contribution is 0.0843. The predicted molar refractivity (Wildman–Crippen MR) is 123 cm³/mol. The molecule has 0 saturated heterocycles. The molecule has 3 aromatic rings. The Balaban J connectivity index is 1.83. The smallest absolute Gasteiger partial charge is 0.267 e. The number of nitrogens with one attached hydrogen (secondary N) is 2. The van der Waals surface area contributed by atoms with Gasteiger partial charge in [-0.25, -0.2) is 13.1 Å². The summed E-state index contributed by atoms with van der Waals surface area (Å²) < 4.78 is 27.8. The van der Waals surface area contributed by atoms with E-state index in [0.29, 0.717) is 10.8 Å². The number of aromatic nitrogens is 2. The van der Waals surface area contributed by atoms with E-state index in [0.717, 1.165) is 0 Å². The van der Waals surface area contributed by atoms with Crippen LogP contribution in [0.15, 0.2) is 58.2 Å². The zero-order valence-corrected chi connectivity index (χ0v) is 19.5. The predicted octanol–water partition coefficient (Wildman–Crippen LogP) is 1.52. The number of hydrogen-bond donors (Lipinski definition) is 2. The molecular formula is C22H25N5O5S. The minimum Gasteiger partial charge on any atom is -0.267 e. The summed E-state index contributed by atoms with van der Waals surface area (Å²) in [5.74, 6) is -1.43. The van der Waals surface area contributed by atoms with Crippen LogP contribution in [0.2, 0.25) is 0 Å². The molecule has 0 bridgehead atoms. The Morgan fingerprint density at radius 1 is 1.03 bits per heavy atom. The first kappa shape index (κ1) is 24.1. The molecule has 0 unspecified atom stereocenters. The van der Waals surface area contributed by atoms with E-state index in [1.54, 1.807) is 45.0 Å². The molecule has 2 amide bonds. The van der Waals surface area contributed by atoms with Crippen LogP contribution in [0.25, 0.3) is 10.8 Å². The van der Waals surface area contributed by atoms with Crippen molar-refractivity contribution in [1.29, 1.82) is 0 Å². The van der Waals surface area contributed by atoms with E-state index in [-0.39, 0.29) is 34.3 Å². The van der Waals surface area contributed by atoms with E-state index in [1.807, 2.05) is 0 Å². The molecule has 33 heavy (non-hydrogen) atoms. The third-order valence-corrected chi connectivity index (χ3v) is 7.20. The van der Waals surface area contributed by atoms with Gasteiger partial charge in [-0.05, 0) is 45.0 Å². The summed E-state index contributed by atoms with van der Waals surface area (Å²) in [5, 5.41) is 4.79. The van der Waals surface area contributed by atoms with Gasteiger partial charge in [-0.2, -0.15) is 9.40 Å². The van der Waals surface area contributed by atoms with Crippen LogP contribution in [0.3, 0.4) is 0 Å². The number of sulfonamides is 1. The van der Waals surface area contributed by atoms with Gasteiger partial charge in [0.1, 0.15) is 0 Å². The molecule has 3 rings (SSSR count). The fraction of sp³-hybridized carbons (Fsp3) is 0.273. The number of aryl methyl sites for hydroxylation is 1. The van der Waals surface area contributed by atoms with E-state index >= 15 is 0 Å². The van der Waals surface area contributed by atoms with E-state index < -0.39 is 21.8 Å². The SMILES string of the molecule is CCn1nc(C(=O)NNC(=O)c2cccc(S(=O)(=O)N(C)C(C)C)c2)c2ccccc2c1=O. The van der Waals surface area contributed by atoms with Gasteiger partial charge < -0.3 is 0 Å². The van der Waals surface area contributed by atoms with E-state index in [4.69, 9.17) is 0 Å². The molecule has 0 spiro atoms. The Labute approximate surface area is 191 Å². The Bertz CT molecular complexity index is 1380. The van der Waals surface area contributed by atoms with Crippen LogP contribution in [0, 0.1) is 0 Å². The third-order valence-electron chi connectivity index (χ3n) is 5.17. The number of benzene rings is 2. The Morgan fingerprint density at radius 2 is 1.67 bits per heavy atom. The molecule has 11 heteroatoms. The summed E-state index contributed by atoms with van der Waals surface area (Å²) in [5.41, 5.74) is 4.25. The zero-order valence-electron chi connectivity index (χ0n) is 18.7. The van der Waals surface area contributed by atoms with Gasteiger partial charge in [-0.15, -0.1) is 0 Å². The lowest BCUT2D eigenvalue weighted by atomic mass is 10.1. The van der Waals surface area contributed by atoms with Crippen LogP contribution in [0.5, 0.6) is 0 Å². The summed E-state index contributed by atoms with van der Waals surface area (Å²) in [6, 6.07) is 11.8. The maximum absolute atomic E-state index is 12.8. The highest BCUT2D eigenvalue weighted by molar-refractivity contribution is 7.89. The number of hydrogen-bond acceptors (Lipinski definition) is 6. The van der Waals surface area contributed by atoms with Crippen molar-refractivity contribution in [1.82, 2.24) is 24.9 Å². The van der Waals surface area contributed by atoms with Crippen molar-refractivity contribution in [3.8, 4) is 0 Å². The summed E-state index contributed by atoms with van der Waals surface area (Å²) in [7, 11) is -2.32. The van der Waals surface area contributed by atoms with Crippen molar-refractivity contribution in [2.24, 2.45) is 0 Å². The minimum atomic E-state index is -3.78. The molecular weight excluding hydrogens is 446 g/mol. The van der Waals surface area contributed by atoms with E-state index in [1.165, 1.54) is 40.3 Å². The second-order valence-electron chi connectivity index (χ2n) is 7.57. The highest BCUT2D eigenvalue weighted by Crippen LogP contribution is 2.18. The number of nitrogens with zero attached hydrogens (tertiary/aromatic N) is 3. The molecule has 0 aliphatic heterocycles. The number of hydrazine groups is 1. The molecule has 0 saturated carbocycles. The van der Waals surface area contributed by atoms with Crippen molar-refractivity contribution in [2.75, 3.05) is 7.05 Å². The normalized spacial score (nSPS) is 11.7. The molecule has 174 valence electrons. The summed E-state index contributed by atoms with van der Waals surface area (Å²) >= 11 is 0. The Hall–Kier alpha value is -3.57. The molecule has 0 fully saturated rings. The molecule has 0 aliphatic carbocycles. The highest BCUT2D eigenvalue weighted by Gasteiger charge is 2.24. The van der Waals surface area contributed by atoms with E-state index in [9.17, 15) is 22.8 Å². The van der Waals surface area contributed by atoms with Crippen molar-refractivity contribution in [2.45, 2.75) is 38.3 Å². The Morgan fingerprint density at radius 3 is 2.30 bits per heavy atom. The number of rotatable bonds is 6. The van der Waals surface area contributed by atoms with Crippen LogP contribution in [-0.2, 0) is 16.6 Å². The summed E-state index contributed by atoms with van der Waals surface area (Å²) in [6.45, 7) is 5.47. The second kappa shape index (κ2) is 9.51. The lowest BCUT2D eigenvalue weighted by Crippen LogP contribution is -2.43. The topological polar surface area (TPSA) is 130 Å². The first-order valence-electron chi connectivity index (χ1n) is 10.3. The molecule has 2 aromatic carbocycles. The largest absolute Gasteiger partial charge is 0.290 e. The van der Waals surface area contributed by atoms with Crippen LogP contribution in [-0.4, -0.2) is 47.4 Å². The lowest BCUT2D eigenvalue weighted by Gasteiger charge is -2.21. The minimum absolute atomic E-state index is 0.0257. The first-order valence-corrected chi connectivity index (χ1v) is 11.7. The van der Waals surface area contributed by atoms with Crippen LogP contribution in [0.4, 0.5) is 0 Å². The van der Waals surface area contributed by atoms with Gasteiger partial charge in [0.25, 0.3) is 17.4 Å². The average Bonchev–Trinajstić information content (AvgIpc) is 2.82. The fourth-order valence-electron chi connectivity index (χ4n) is 3.10. The third kappa shape index (κ3) is 4.78. The van der Waals surface area contributed by atoms with Gasteiger partial charge in [-0.3, -0.25) is 25.2 Å². The van der Waals surface area contributed by atoms with Crippen molar-refractivity contribution in [3.05, 3.63) is 70.1 Å². The number of carbonyl (C=O) groups is 2. The van der Waals surface area contributed by atoms with Crippen molar-refractivity contribution < 1.29 is 18.0 Å².